The molecule has 4 heteroatoms. The number of nitrogens with zero attached hydrogens (tertiary/aromatic N) is 1. The summed E-state index contributed by atoms with van der Waals surface area (Å²) >= 11 is 0. The Morgan fingerprint density at radius 3 is 2.56 bits per heavy atom. The zero-order valence-electron chi connectivity index (χ0n) is 14.7. The van der Waals surface area contributed by atoms with Gasteiger partial charge in [0.15, 0.2) is 0 Å². The van der Waals surface area contributed by atoms with E-state index in [4.69, 9.17) is 4.98 Å². The highest BCUT2D eigenvalue weighted by Crippen LogP contribution is 2.26. The van der Waals surface area contributed by atoms with Crippen molar-refractivity contribution in [1.82, 2.24) is 10.3 Å². The van der Waals surface area contributed by atoms with Crippen LogP contribution in [0.15, 0.2) is 54.6 Å². The number of carbonyl (C=O) groups excluding carboxylic acids is 1. The second-order valence-corrected chi connectivity index (χ2v) is 6.12. The van der Waals surface area contributed by atoms with Crippen LogP contribution in [-0.2, 0) is 11.3 Å². The van der Waals surface area contributed by atoms with Crippen LogP contribution in [-0.4, -0.2) is 17.4 Å². The molecule has 0 aliphatic rings. The first-order chi connectivity index (χ1) is 12.2. The number of nitrogens with one attached hydrogen (secondary N) is 2. The average Bonchev–Trinajstić information content (AvgIpc) is 2.62. The smallest absolute Gasteiger partial charge is 0.221 e. The number of benzene rings is 2. The second kappa shape index (κ2) is 7.90. The Kier molecular flexibility index (Phi) is 5.41. The van der Waals surface area contributed by atoms with E-state index in [0.717, 1.165) is 42.0 Å². The molecule has 1 heterocycles. The fourth-order valence-electron chi connectivity index (χ4n) is 2.87. The van der Waals surface area contributed by atoms with Crippen molar-refractivity contribution in [3.05, 3.63) is 60.2 Å². The molecule has 2 N–H and O–H groups in total. The number of hydrogen-bond donors (Lipinski definition) is 2. The zero-order chi connectivity index (χ0) is 17.6. The van der Waals surface area contributed by atoms with Crippen LogP contribution < -0.4 is 10.6 Å². The number of rotatable bonds is 6. The van der Waals surface area contributed by atoms with E-state index in [-0.39, 0.29) is 5.91 Å². The van der Waals surface area contributed by atoms with Crippen LogP contribution in [0.1, 0.15) is 25.8 Å². The molecule has 25 heavy (non-hydrogen) atoms. The van der Waals surface area contributed by atoms with Gasteiger partial charge in [0.1, 0.15) is 0 Å². The number of fused-ring (bicyclic) bond motifs is 1. The third kappa shape index (κ3) is 4.22. The maximum absolute atomic E-state index is 11.2. The number of aromatic nitrogens is 1. The van der Waals surface area contributed by atoms with E-state index in [2.05, 4.69) is 35.8 Å². The van der Waals surface area contributed by atoms with Crippen LogP contribution in [0.5, 0.6) is 0 Å². The summed E-state index contributed by atoms with van der Waals surface area (Å²) in [5.74, 6) is -0.0686. The van der Waals surface area contributed by atoms with Gasteiger partial charge in [-0.25, -0.2) is 4.98 Å². The summed E-state index contributed by atoms with van der Waals surface area (Å²) in [7, 11) is 0. The molecule has 0 unspecified atom stereocenters. The summed E-state index contributed by atoms with van der Waals surface area (Å²) in [5, 5.41) is 7.45. The molecule has 0 aliphatic carbocycles. The Bertz CT molecular complexity index is 872. The summed E-state index contributed by atoms with van der Waals surface area (Å²) in [4.78, 5) is 16.0. The van der Waals surface area contributed by atoms with Crippen LogP contribution in [0.2, 0.25) is 0 Å². The van der Waals surface area contributed by atoms with Gasteiger partial charge in [-0.2, -0.15) is 0 Å². The molecule has 4 nitrogen and oxygen atoms in total. The van der Waals surface area contributed by atoms with Crippen LogP contribution in [0.4, 0.5) is 5.69 Å². The van der Waals surface area contributed by atoms with E-state index in [1.54, 1.807) is 0 Å². The van der Waals surface area contributed by atoms with E-state index < -0.39 is 0 Å². The van der Waals surface area contributed by atoms with E-state index in [0.29, 0.717) is 0 Å². The lowest BCUT2D eigenvalue weighted by molar-refractivity contribution is -0.114. The topological polar surface area (TPSA) is 54.0 Å². The maximum atomic E-state index is 11.2. The van der Waals surface area contributed by atoms with Gasteiger partial charge in [-0.3, -0.25) is 4.79 Å². The maximum Gasteiger partial charge on any atom is 0.221 e. The summed E-state index contributed by atoms with van der Waals surface area (Å²) < 4.78 is 0. The lowest BCUT2D eigenvalue weighted by Gasteiger charge is -2.11. The van der Waals surface area contributed by atoms with Gasteiger partial charge < -0.3 is 10.6 Å². The van der Waals surface area contributed by atoms with Gasteiger partial charge in [-0.15, -0.1) is 0 Å². The number of hydrogen-bond acceptors (Lipinski definition) is 3. The van der Waals surface area contributed by atoms with E-state index >= 15 is 0 Å². The van der Waals surface area contributed by atoms with Gasteiger partial charge in [0.25, 0.3) is 0 Å². The minimum Gasteiger partial charge on any atom is -0.326 e. The highest BCUT2D eigenvalue weighted by molar-refractivity contribution is 5.89. The molecule has 2 aromatic carbocycles. The number of pyridine rings is 1. The first-order valence-corrected chi connectivity index (χ1v) is 8.65. The third-order valence-electron chi connectivity index (χ3n) is 4.05. The molecule has 0 fully saturated rings. The highest BCUT2D eigenvalue weighted by atomic mass is 16.1. The van der Waals surface area contributed by atoms with Crippen LogP contribution in [0.3, 0.4) is 0 Å². The molecular formula is C21H23N3O. The number of para-hydroxylation sites is 1. The lowest BCUT2D eigenvalue weighted by atomic mass is 10.0. The zero-order valence-corrected chi connectivity index (χ0v) is 14.7. The minimum atomic E-state index is -0.0686. The minimum absolute atomic E-state index is 0.0686. The molecule has 0 bridgehead atoms. The molecule has 1 amide bonds. The van der Waals surface area contributed by atoms with Gasteiger partial charge in [0, 0.05) is 30.1 Å². The van der Waals surface area contributed by atoms with Gasteiger partial charge in [-0.1, -0.05) is 37.3 Å². The third-order valence-corrected chi connectivity index (χ3v) is 4.05. The Balaban J connectivity index is 1.96. The fraction of sp³-hybridized carbons (Fsp3) is 0.238. The second-order valence-electron chi connectivity index (χ2n) is 6.12. The van der Waals surface area contributed by atoms with Gasteiger partial charge in [-0.05, 0) is 42.8 Å². The molecule has 0 saturated carbocycles. The number of carbonyl (C=O) groups is 1. The monoisotopic (exact) mass is 333 g/mol. The van der Waals surface area contributed by atoms with E-state index in [1.165, 1.54) is 17.9 Å². The largest absolute Gasteiger partial charge is 0.326 e. The molecular weight excluding hydrogens is 310 g/mol. The van der Waals surface area contributed by atoms with Crippen LogP contribution in [0, 0.1) is 0 Å². The SMILES string of the molecule is CCCNCc1cc(-c2ccc(NC(C)=O)cc2)nc2ccccc12. The van der Waals surface area contributed by atoms with Crippen LogP contribution >= 0.6 is 0 Å². The molecule has 0 atom stereocenters. The number of amides is 1. The van der Waals surface area contributed by atoms with Crippen molar-refractivity contribution in [2.75, 3.05) is 11.9 Å². The average molecular weight is 333 g/mol. The van der Waals surface area contributed by atoms with Crippen molar-refractivity contribution >= 4 is 22.5 Å². The molecule has 3 aromatic rings. The summed E-state index contributed by atoms with van der Waals surface area (Å²) in [6.07, 6.45) is 1.11. The van der Waals surface area contributed by atoms with Crippen molar-refractivity contribution in [1.29, 1.82) is 0 Å². The quantitative estimate of drug-likeness (QED) is 0.659. The summed E-state index contributed by atoms with van der Waals surface area (Å²) in [6, 6.07) is 18.2. The number of anilines is 1. The van der Waals surface area contributed by atoms with Gasteiger partial charge in [0.2, 0.25) is 5.91 Å². The first kappa shape index (κ1) is 17.1. The van der Waals surface area contributed by atoms with E-state index in [9.17, 15) is 4.79 Å². The van der Waals surface area contributed by atoms with Crippen molar-refractivity contribution < 1.29 is 4.79 Å². The Morgan fingerprint density at radius 1 is 1.08 bits per heavy atom. The summed E-state index contributed by atoms with van der Waals surface area (Å²) in [5.41, 5.74) is 5.03. The predicted molar refractivity (Wildman–Crippen MR) is 103 cm³/mol. The lowest BCUT2D eigenvalue weighted by Crippen LogP contribution is -2.14. The molecule has 1 aromatic heterocycles. The first-order valence-electron chi connectivity index (χ1n) is 8.65. The van der Waals surface area contributed by atoms with Crippen molar-refractivity contribution in [2.45, 2.75) is 26.8 Å². The molecule has 0 spiro atoms. The van der Waals surface area contributed by atoms with Crippen LogP contribution in [0.25, 0.3) is 22.2 Å². The Morgan fingerprint density at radius 2 is 1.84 bits per heavy atom. The molecule has 0 radical (unpaired) electrons. The molecule has 0 saturated heterocycles. The normalized spacial score (nSPS) is 10.8. The highest BCUT2D eigenvalue weighted by Gasteiger charge is 2.07. The predicted octanol–water partition coefficient (Wildman–Crippen LogP) is 4.36. The van der Waals surface area contributed by atoms with Gasteiger partial charge >= 0.3 is 0 Å². The molecule has 0 aliphatic heterocycles. The van der Waals surface area contributed by atoms with Gasteiger partial charge in [0.05, 0.1) is 11.2 Å². The van der Waals surface area contributed by atoms with Crippen molar-refractivity contribution in [2.24, 2.45) is 0 Å². The standard InChI is InChI=1S/C21H23N3O/c1-3-12-22-14-17-13-21(24-20-7-5-4-6-19(17)20)16-8-10-18(11-9-16)23-15(2)25/h4-11,13,22H,3,12,14H2,1-2H3,(H,23,25). The Hall–Kier alpha value is -2.72. The van der Waals surface area contributed by atoms with Crippen molar-refractivity contribution in [3.63, 3.8) is 0 Å². The molecule has 3 rings (SSSR count). The van der Waals surface area contributed by atoms with E-state index in [1.807, 2.05) is 36.4 Å². The molecule has 128 valence electrons. The summed E-state index contributed by atoms with van der Waals surface area (Å²) in [6.45, 7) is 5.50. The van der Waals surface area contributed by atoms with Crippen molar-refractivity contribution in [3.8, 4) is 11.3 Å². The fourth-order valence-corrected chi connectivity index (χ4v) is 2.87. The Labute approximate surface area is 148 Å².